The number of nitrogens with zero attached hydrogens (tertiary/aromatic N) is 7. The van der Waals surface area contributed by atoms with Gasteiger partial charge in [0.2, 0.25) is 11.9 Å². The first-order valence-electron chi connectivity index (χ1n) is 17.8. The van der Waals surface area contributed by atoms with Crippen molar-refractivity contribution in [1.29, 1.82) is 5.26 Å². The highest BCUT2D eigenvalue weighted by Crippen LogP contribution is 2.48. The molecule has 8 rings (SSSR count). The van der Waals surface area contributed by atoms with Crippen molar-refractivity contribution >= 4 is 58.5 Å². The number of amides is 4. The molecule has 15 heteroatoms. The second-order valence-corrected chi connectivity index (χ2v) is 15.8. The van der Waals surface area contributed by atoms with Gasteiger partial charge in [-0.05, 0) is 87.7 Å². The summed E-state index contributed by atoms with van der Waals surface area (Å²) in [6.45, 7) is 4.64. The fraction of sp³-hybridized carbons (Fsp3) is 0.359. The number of anilines is 2. The number of rotatable bonds is 9. The number of pyridine rings is 1. The molecule has 1 atom stereocenters. The number of nitriles is 1. The van der Waals surface area contributed by atoms with Crippen molar-refractivity contribution in [3.05, 3.63) is 105 Å². The van der Waals surface area contributed by atoms with Gasteiger partial charge in [0.25, 0.3) is 17.7 Å². The van der Waals surface area contributed by atoms with E-state index in [4.69, 9.17) is 23.2 Å². The number of halogens is 2. The zero-order chi connectivity index (χ0) is 38.0. The van der Waals surface area contributed by atoms with Gasteiger partial charge in [0.15, 0.2) is 0 Å². The van der Waals surface area contributed by atoms with Crippen molar-refractivity contribution in [2.75, 3.05) is 38.1 Å². The molecule has 0 radical (unpaired) electrons. The second kappa shape index (κ2) is 13.2. The Bertz CT molecular complexity index is 2230. The molecule has 4 amide bonds. The third-order valence-corrected chi connectivity index (χ3v) is 11.4. The van der Waals surface area contributed by atoms with Crippen molar-refractivity contribution in [2.24, 2.45) is 0 Å². The van der Waals surface area contributed by atoms with Gasteiger partial charge in [-0.25, -0.2) is 9.88 Å². The summed E-state index contributed by atoms with van der Waals surface area (Å²) in [6.07, 6.45) is 5.32. The van der Waals surface area contributed by atoms with Gasteiger partial charge in [0, 0.05) is 54.4 Å². The molecule has 1 saturated heterocycles. The Morgan fingerprint density at radius 2 is 1.59 bits per heavy atom. The molecule has 4 aliphatic rings. The summed E-state index contributed by atoms with van der Waals surface area (Å²) in [7, 11) is 2.03. The van der Waals surface area contributed by atoms with Crippen LogP contribution in [0.25, 0.3) is 0 Å². The first kappa shape index (κ1) is 35.7. The van der Waals surface area contributed by atoms with Crippen LogP contribution in [0.1, 0.15) is 70.3 Å². The average Bonchev–Trinajstić information content (AvgIpc) is 4.06. The van der Waals surface area contributed by atoms with Crippen LogP contribution in [0.2, 0.25) is 10.0 Å². The van der Waals surface area contributed by atoms with E-state index in [1.807, 2.05) is 11.9 Å². The summed E-state index contributed by atoms with van der Waals surface area (Å²) in [5, 5.41) is 16.1. The van der Waals surface area contributed by atoms with Crippen LogP contribution in [-0.4, -0.2) is 86.7 Å². The van der Waals surface area contributed by atoms with Gasteiger partial charge in [-0.1, -0.05) is 35.3 Å². The lowest BCUT2D eigenvalue weighted by atomic mass is 9.91. The van der Waals surface area contributed by atoms with E-state index >= 15 is 0 Å². The van der Waals surface area contributed by atoms with Crippen LogP contribution >= 0.6 is 23.2 Å². The molecule has 0 bridgehead atoms. The molecule has 4 aromatic rings. The molecule has 2 aliphatic carbocycles. The van der Waals surface area contributed by atoms with Crippen LogP contribution in [0.5, 0.6) is 0 Å². The van der Waals surface area contributed by atoms with Crippen molar-refractivity contribution in [1.82, 2.24) is 35.0 Å². The normalized spacial score (nSPS) is 20.9. The molecule has 2 aliphatic heterocycles. The molecule has 2 aromatic carbocycles. The largest absolute Gasteiger partial charge is 0.343 e. The number of imidazole rings is 1. The Morgan fingerprint density at radius 1 is 0.907 bits per heavy atom. The predicted octanol–water partition coefficient (Wildman–Crippen LogP) is 4.55. The van der Waals surface area contributed by atoms with Crippen LogP contribution in [0.3, 0.4) is 0 Å². The van der Waals surface area contributed by atoms with E-state index in [0.29, 0.717) is 71.3 Å². The lowest BCUT2D eigenvalue weighted by Crippen LogP contribution is -2.52. The number of aromatic nitrogens is 3. The molecular formula is C39H37Cl2N9O4. The molecule has 4 heterocycles. The summed E-state index contributed by atoms with van der Waals surface area (Å²) in [4.78, 5) is 70.5. The van der Waals surface area contributed by atoms with Gasteiger partial charge >= 0.3 is 0 Å². The standard InChI is InChI=1S/C39H37Cl2N9O4/c1-37(21-24-3-5-25(22-42)6-4-24)35(54)49(29-19-27(40)18-28(41)20-29)36-44-23-30(50(36)37)32(51)45-39(10-11-39)34(53)46-38(8-9-38)31-17-26(7-12-43-31)33(52)48-15-13-47(2)14-16-48/h3-7,12,17-20,23H,8-11,13-16,21H2,1-2H3,(H,45,51)(H,46,53)/t37-/m1/s1. The van der Waals surface area contributed by atoms with Crippen molar-refractivity contribution in [2.45, 2.75) is 55.6 Å². The lowest BCUT2D eigenvalue weighted by Gasteiger charge is -2.32. The van der Waals surface area contributed by atoms with Crippen molar-refractivity contribution in [3.8, 4) is 6.07 Å². The topological polar surface area (TPSA) is 157 Å². The molecule has 2 aromatic heterocycles. The monoisotopic (exact) mass is 765 g/mol. The molecule has 3 fully saturated rings. The summed E-state index contributed by atoms with van der Waals surface area (Å²) < 4.78 is 1.60. The number of carbonyl (C=O) groups is 4. The minimum Gasteiger partial charge on any atom is -0.343 e. The van der Waals surface area contributed by atoms with E-state index < -0.39 is 22.5 Å². The number of carbonyl (C=O) groups excluding carboxylic acids is 4. The lowest BCUT2D eigenvalue weighted by molar-refractivity contribution is -0.125. The number of fused-ring (bicyclic) bond motifs is 1. The number of hydrogen-bond donors (Lipinski definition) is 2. The van der Waals surface area contributed by atoms with E-state index in [1.165, 1.54) is 11.1 Å². The van der Waals surface area contributed by atoms with Crippen LogP contribution in [0.15, 0.2) is 67.0 Å². The highest BCUT2D eigenvalue weighted by molar-refractivity contribution is 6.35. The molecule has 276 valence electrons. The molecule has 13 nitrogen and oxygen atoms in total. The van der Waals surface area contributed by atoms with Crippen LogP contribution in [0.4, 0.5) is 11.6 Å². The Labute approximate surface area is 321 Å². The van der Waals surface area contributed by atoms with E-state index in [-0.39, 0.29) is 35.8 Å². The zero-order valence-corrected chi connectivity index (χ0v) is 31.2. The van der Waals surface area contributed by atoms with Crippen LogP contribution in [0, 0.1) is 11.3 Å². The fourth-order valence-corrected chi connectivity index (χ4v) is 7.98. The maximum absolute atomic E-state index is 14.4. The molecule has 0 unspecified atom stereocenters. The third-order valence-electron chi connectivity index (χ3n) is 11.0. The number of piperazine rings is 1. The van der Waals surface area contributed by atoms with Crippen LogP contribution in [-0.2, 0) is 27.1 Å². The number of likely N-dealkylation sites (N-methyl/N-ethyl adjacent to an activating group) is 1. The molecule has 0 spiro atoms. The number of nitrogens with one attached hydrogen (secondary N) is 2. The van der Waals surface area contributed by atoms with Gasteiger partial charge in [0.05, 0.1) is 34.7 Å². The Kier molecular flexibility index (Phi) is 8.75. The van der Waals surface area contributed by atoms with E-state index in [1.54, 1.807) is 72.3 Å². The summed E-state index contributed by atoms with van der Waals surface area (Å²) in [6, 6.07) is 17.2. The summed E-state index contributed by atoms with van der Waals surface area (Å²) in [5.74, 6) is -1.12. The maximum Gasteiger partial charge on any atom is 0.270 e. The summed E-state index contributed by atoms with van der Waals surface area (Å²) >= 11 is 12.7. The minimum atomic E-state index is -1.34. The Morgan fingerprint density at radius 3 is 2.22 bits per heavy atom. The van der Waals surface area contributed by atoms with Gasteiger partial charge < -0.3 is 20.4 Å². The first-order chi connectivity index (χ1) is 25.8. The SMILES string of the molecule is CN1CCN(C(=O)c2ccnc(C3(NC(=O)C4(NC(=O)c5cnc6n5[C@](C)(Cc5ccc(C#N)cc5)C(=O)N6c5cc(Cl)cc(Cl)c5)CC4)CC3)c2)CC1. The predicted molar refractivity (Wildman–Crippen MR) is 200 cm³/mol. The fourth-order valence-electron chi connectivity index (χ4n) is 7.46. The molecular weight excluding hydrogens is 729 g/mol. The Hall–Kier alpha value is -5.29. The first-order valence-corrected chi connectivity index (χ1v) is 18.6. The van der Waals surface area contributed by atoms with E-state index in [9.17, 15) is 24.4 Å². The van der Waals surface area contributed by atoms with Gasteiger partial charge in [-0.3, -0.25) is 28.7 Å². The Balaban J connectivity index is 1.05. The second-order valence-electron chi connectivity index (χ2n) is 14.9. The zero-order valence-electron chi connectivity index (χ0n) is 29.7. The molecule has 2 N–H and O–H groups in total. The minimum absolute atomic E-state index is 0.0603. The molecule has 2 saturated carbocycles. The van der Waals surface area contributed by atoms with Crippen LogP contribution < -0.4 is 15.5 Å². The van der Waals surface area contributed by atoms with E-state index in [2.05, 4.69) is 31.6 Å². The number of benzene rings is 2. The van der Waals surface area contributed by atoms with Crippen molar-refractivity contribution < 1.29 is 19.2 Å². The van der Waals surface area contributed by atoms with Gasteiger partial charge in [-0.2, -0.15) is 5.26 Å². The highest BCUT2D eigenvalue weighted by Gasteiger charge is 2.57. The summed E-state index contributed by atoms with van der Waals surface area (Å²) in [5.41, 5.74) is -0.377. The third kappa shape index (κ3) is 6.28. The van der Waals surface area contributed by atoms with E-state index in [0.717, 1.165) is 18.7 Å². The van der Waals surface area contributed by atoms with Gasteiger partial charge in [0.1, 0.15) is 16.8 Å². The number of hydrogen-bond acceptors (Lipinski definition) is 8. The quantitative estimate of drug-likeness (QED) is 0.252. The van der Waals surface area contributed by atoms with Crippen molar-refractivity contribution in [3.63, 3.8) is 0 Å². The maximum atomic E-state index is 14.4. The molecule has 54 heavy (non-hydrogen) atoms. The average molecular weight is 767 g/mol. The van der Waals surface area contributed by atoms with Gasteiger partial charge in [-0.15, -0.1) is 0 Å². The highest BCUT2D eigenvalue weighted by atomic mass is 35.5. The smallest absolute Gasteiger partial charge is 0.270 e.